The van der Waals surface area contributed by atoms with Gasteiger partial charge >= 0.3 is 5.69 Å². The van der Waals surface area contributed by atoms with Crippen LogP contribution in [0.3, 0.4) is 0 Å². The van der Waals surface area contributed by atoms with Crippen molar-refractivity contribution in [3.63, 3.8) is 0 Å². The molecule has 4 aromatic heterocycles. The molecule has 4 aliphatic rings. The Hall–Kier alpha value is -3.74. The lowest BCUT2D eigenvalue weighted by Crippen LogP contribution is -2.53. The predicted octanol–water partition coefficient (Wildman–Crippen LogP) is 3.12. The molecule has 8 rings (SSSR count). The molecule has 10 nitrogen and oxygen atoms in total. The summed E-state index contributed by atoms with van der Waals surface area (Å²) in [5.41, 5.74) is 3.91. The monoisotopic (exact) mass is 467 g/mol. The first-order valence-electron chi connectivity index (χ1n) is 12.4. The van der Waals surface area contributed by atoms with Crippen LogP contribution >= 0.6 is 0 Å². The van der Waals surface area contributed by atoms with Crippen molar-refractivity contribution < 1.29 is 0 Å². The average Bonchev–Trinajstić information content (AvgIpc) is 3.48. The molecule has 0 amide bonds. The Morgan fingerprint density at radius 3 is 2.97 bits per heavy atom. The van der Waals surface area contributed by atoms with Crippen molar-refractivity contribution in [1.82, 2.24) is 33.7 Å². The molecule has 4 aromatic rings. The Morgan fingerprint density at radius 2 is 2.11 bits per heavy atom. The zero-order valence-electron chi connectivity index (χ0n) is 19.6. The molecule has 4 saturated carbocycles. The minimum atomic E-state index is -0.167. The fourth-order valence-electron chi connectivity index (χ4n) is 8.59. The Kier molecular flexibility index (Phi) is 3.40. The number of hydrogen-bond acceptors (Lipinski definition) is 7. The molecule has 0 aromatic carbocycles. The maximum absolute atomic E-state index is 13.6. The number of nitrogens with zero attached hydrogens (tertiary/aromatic N) is 8. The molecule has 0 radical (unpaired) electrons. The largest absolute Gasteiger partial charge is 0.330 e. The molecule has 4 aliphatic carbocycles. The molecule has 0 saturated heterocycles. The van der Waals surface area contributed by atoms with E-state index in [0.29, 0.717) is 29.3 Å². The van der Waals surface area contributed by atoms with E-state index < -0.39 is 0 Å². The molecule has 176 valence electrons. The first-order valence-corrected chi connectivity index (χ1v) is 12.4. The summed E-state index contributed by atoms with van der Waals surface area (Å²) in [6, 6.07) is 4.80. The second kappa shape index (κ2) is 6.08. The van der Waals surface area contributed by atoms with E-state index in [1.165, 1.54) is 6.33 Å². The highest BCUT2D eigenvalue weighted by atomic mass is 16.1. The quantitative estimate of drug-likeness (QED) is 0.492. The van der Waals surface area contributed by atoms with E-state index in [0.717, 1.165) is 54.5 Å². The third kappa shape index (κ3) is 2.18. The standard InChI is InChI=1S/C25H25N9O/c1-13-3-19-28-12-29-33(19)10-17(13)30-22-27-9-18-21(31-22)34(23(35)32(18)2)20-15-4-14-5-24(11-26)8-16(20)25(24,6-14)7-15/h3,9-10,12,14-16,20H,4-8H2,1-2H3,(H,27,30,31). The minimum Gasteiger partial charge on any atom is -0.323 e. The normalized spacial score (nSPS) is 34.3. The highest BCUT2D eigenvalue weighted by Gasteiger charge is 2.78. The maximum Gasteiger partial charge on any atom is 0.330 e. The number of aryl methyl sites for hydroxylation is 2. The SMILES string of the molecule is Cc1cc2ncnn2cc1Nc1ncc2c(n1)n(C1C3CC4CC5(C#N)CC1C5(C4)C3)c(=O)n2C. The van der Waals surface area contributed by atoms with Crippen molar-refractivity contribution >= 4 is 28.4 Å². The molecule has 1 spiro atoms. The molecule has 35 heavy (non-hydrogen) atoms. The van der Waals surface area contributed by atoms with Crippen LogP contribution in [0.5, 0.6) is 0 Å². The molecule has 4 fully saturated rings. The highest BCUT2D eigenvalue weighted by Crippen LogP contribution is 2.83. The second-order valence-electron chi connectivity index (χ2n) is 11.3. The van der Waals surface area contributed by atoms with Crippen LogP contribution in [-0.4, -0.2) is 33.7 Å². The fraction of sp³-hybridized carbons (Fsp3) is 0.520. The summed E-state index contributed by atoms with van der Waals surface area (Å²) >= 11 is 0. The van der Waals surface area contributed by atoms with Crippen LogP contribution in [0, 0.1) is 46.8 Å². The van der Waals surface area contributed by atoms with E-state index in [4.69, 9.17) is 4.98 Å². The lowest BCUT2D eigenvalue weighted by atomic mass is 9.46. The molecule has 1 N–H and O–H groups in total. The van der Waals surface area contributed by atoms with E-state index in [-0.39, 0.29) is 22.6 Å². The number of fused-ring (bicyclic) bond motifs is 4. The predicted molar refractivity (Wildman–Crippen MR) is 127 cm³/mol. The van der Waals surface area contributed by atoms with Gasteiger partial charge in [-0.25, -0.2) is 19.3 Å². The topological polar surface area (TPSA) is 119 Å². The summed E-state index contributed by atoms with van der Waals surface area (Å²) in [7, 11) is 1.80. The highest BCUT2D eigenvalue weighted by molar-refractivity contribution is 5.73. The molecule has 3 bridgehead atoms. The van der Waals surface area contributed by atoms with Gasteiger partial charge in [0.1, 0.15) is 11.8 Å². The van der Waals surface area contributed by atoms with Gasteiger partial charge in [-0.2, -0.15) is 15.3 Å². The van der Waals surface area contributed by atoms with E-state index >= 15 is 0 Å². The van der Waals surface area contributed by atoms with Crippen molar-refractivity contribution in [3.8, 4) is 6.07 Å². The smallest absolute Gasteiger partial charge is 0.323 e. The lowest BCUT2D eigenvalue weighted by Gasteiger charge is -2.56. The van der Waals surface area contributed by atoms with Gasteiger partial charge in [0, 0.05) is 13.1 Å². The van der Waals surface area contributed by atoms with Crippen molar-refractivity contribution in [2.75, 3.05) is 5.32 Å². The minimum absolute atomic E-state index is 0.0362. The molecule has 6 atom stereocenters. The van der Waals surface area contributed by atoms with Gasteiger partial charge < -0.3 is 5.32 Å². The van der Waals surface area contributed by atoms with Gasteiger partial charge in [0.2, 0.25) is 5.95 Å². The molecule has 4 heterocycles. The Balaban J connectivity index is 1.24. The third-order valence-corrected chi connectivity index (χ3v) is 9.89. The van der Waals surface area contributed by atoms with Gasteiger partial charge in [-0.15, -0.1) is 0 Å². The number of nitriles is 1. The summed E-state index contributed by atoms with van der Waals surface area (Å²) in [6.07, 6.45) is 10.4. The number of nitrogens with one attached hydrogen (secondary N) is 1. The van der Waals surface area contributed by atoms with Crippen LogP contribution in [0.4, 0.5) is 11.6 Å². The van der Waals surface area contributed by atoms with Crippen LogP contribution in [0.1, 0.15) is 43.7 Å². The molecule has 10 heteroatoms. The second-order valence-corrected chi connectivity index (χ2v) is 11.3. The average molecular weight is 468 g/mol. The van der Waals surface area contributed by atoms with Crippen molar-refractivity contribution in [2.45, 2.75) is 45.1 Å². The first kappa shape index (κ1) is 19.6. The van der Waals surface area contributed by atoms with Crippen molar-refractivity contribution in [2.24, 2.45) is 35.6 Å². The molecule has 6 unspecified atom stereocenters. The number of pyridine rings is 1. The van der Waals surface area contributed by atoms with Gasteiger partial charge in [0.25, 0.3) is 0 Å². The van der Waals surface area contributed by atoms with Crippen molar-refractivity contribution in [1.29, 1.82) is 5.26 Å². The number of anilines is 2. The maximum atomic E-state index is 13.6. The zero-order valence-corrected chi connectivity index (χ0v) is 19.6. The van der Waals surface area contributed by atoms with E-state index in [2.05, 4.69) is 26.5 Å². The van der Waals surface area contributed by atoms with Gasteiger partial charge in [0.05, 0.1) is 29.6 Å². The summed E-state index contributed by atoms with van der Waals surface area (Å²) in [5, 5.41) is 17.6. The van der Waals surface area contributed by atoms with Crippen LogP contribution < -0.4 is 11.0 Å². The number of rotatable bonds is 3. The molecular formula is C25H25N9O. The van der Waals surface area contributed by atoms with Crippen LogP contribution in [0.25, 0.3) is 16.8 Å². The van der Waals surface area contributed by atoms with Crippen LogP contribution in [-0.2, 0) is 7.05 Å². The number of imidazole rings is 1. The van der Waals surface area contributed by atoms with Gasteiger partial charge in [-0.1, -0.05) is 0 Å². The number of hydrogen-bond donors (Lipinski definition) is 1. The Labute approximate surface area is 200 Å². The van der Waals surface area contributed by atoms with E-state index in [9.17, 15) is 10.1 Å². The third-order valence-electron chi connectivity index (χ3n) is 9.89. The summed E-state index contributed by atoms with van der Waals surface area (Å²) in [4.78, 5) is 27.2. The van der Waals surface area contributed by atoms with Crippen LogP contribution in [0.15, 0.2) is 29.6 Å². The summed E-state index contributed by atoms with van der Waals surface area (Å²) in [6.45, 7) is 2.00. The van der Waals surface area contributed by atoms with Gasteiger partial charge in [-0.05, 0) is 73.8 Å². The van der Waals surface area contributed by atoms with E-state index in [1.54, 1.807) is 22.3 Å². The van der Waals surface area contributed by atoms with E-state index in [1.807, 2.05) is 23.8 Å². The lowest BCUT2D eigenvalue weighted by molar-refractivity contribution is -0.0691. The van der Waals surface area contributed by atoms with Crippen molar-refractivity contribution in [3.05, 3.63) is 40.8 Å². The Morgan fingerprint density at radius 1 is 1.23 bits per heavy atom. The first-order chi connectivity index (χ1) is 16.9. The fourth-order valence-corrected chi connectivity index (χ4v) is 8.59. The molecule has 0 aliphatic heterocycles. The van der Waals surface area contributed by atoms with Gasteiger partial charge in [0.15, 0.2) is 11.3 Å². The summed E-state index contributed by atoms with van der Waals surface area (Å²) < 4.78 is 5.32. The van der Waals surface area contributed by atoms with Gasteiger partial charge in [-0.3, -0.25) is 9.13 Å². The zero-order chi connectivity index (χ0) is 23.7. The van der Waals surface area contributed by atoms with Crippen LogP contribution in [0.2, 0.25) is 0 Å². The Bertz CT molecular complexity index is 1670. The number of aromatic nitrogens is 7. The molecular weight excluding hydrogens is 442 g/mol. The summed E-state index contributed by atoms with van der Waals surface area (Å²) in [5.74, 6) is 1.88.